The molecule has 10 rings (SSSR count). The summed E-state index contributed by atoms with van der Waals surface area (Å²) in [6.45, 7) is 0. The van der Waals surface area contributed by atoms with Crippen molar-refractivity contribution >= 4 is 54.4 Å². The lowest BCUT2D eigenvalue weighted by Gasteiger charge is -2.13. The Morgan fingerprint density at radius 2 is 0.938 bits per heavy atom. The van der Waals surface area contributed by atoms with Crippen LogP contribution in [0.4, 0.5) is 0 Å². The number of aromatic nitrogens is 2. The van der Waals surface area contributed by atoms with E-state index in [1.165, 1.54) is 93.5 Å². The Morgan fingerprint density at radius 1 is 0.333 bits per heavy atom. The molecule has 2 heterocycles. The molecule has 0 saturated heterocycles. The molecule has 2 heteroatoms. The monoisotopic (exact) mass is 610 g/mol. The number of nitrogens with zero attached hydrogens (tertiary/aromatic N) is 1. The lowest BCUT2D eigenvalue weighted by molar-refractivity contribution is 1.19. The Balaban J connectivity index is 1.08. The Bertz CT molecular complexity index is 2820. The zero-order valence-corrected chi connectivity index (χ0v) is 26.2. The predicted molar refractivity (Wildman–Crippen MR) is 204 cm³/mol. The first-order chi connectivity index (χ1) is 23.8. The van der Waals surface area contributed by atoms with Crippen molar-refractivity contribution < 1.29 is 0 Å². The van der Waals surface area contributed by atoms with Gasteiger partial charge in [-0.1, -0.05) is 133 Å². The van der Waals surface area contributed by atoms with Crippen molar-refractivity contribution in [2.45, 2.75) is 0 Å². The Kier molecular flexibility index (Phi) is 5.91. The summed E-state index contributed by atoms with van der Waals surface area (Å²) in [7, 11) is 0. The molecule has 0 aliphatic heterocycles. The summed E-state index contributed by atoms with van der Waals surface area (Å²) in [6.07, 6.45) is 0. The zero-order valence-electron chi connectivity index (χ0n) is 26.2. The molecule has 0 saturated carbocycles. The van der Waals surface area contributed by atoms with E-state index in [0.717, 1.165) is 0 Å². The minimum atomic E-state index is 1.17. The second kappa shape index (κ2) is 10.6. The summed E-state index contributed by atoms with van der Waals surface area (Å²) in [4.78, 5) is 3.59. The van der Waals surface area contributed by atoms with E-state index >= 15 is 0 Å². The van der Waals surface area contributed by atoms with Gasteiger partial charge in [-0.2, -0.15) is 0 Å². The highest BCUT2D eigenvalue weighted by atomic mass is 15.0. The molecule has 2 nitrogen and oxygen atoms in total. The van der Waals surface area contributed by atoms with E-state index in [2.05, 4.69) is 185 Å². The van der Waals surface area contributed by atoms with E-state index in [4.69, 9.17) is 0 Å². The number of nitrogens with one attached hydrogen (secondary N) is 1. The van der Waals surface area contributed by atoms with Crippen molar-refractivity contribution in [2.24, 2.45) is 0 Å². The van der Waals surface area contributed by atoms with E-state index in [0.29, 0.717) is 0 Å². The molecule has 0 unspecified atom stereocenters. The Hall–Kier alpha value is -6.38. The maximum atomic E-state index is 3.59. The van der Waals surface area contributed by atoms with Crippen molar-refractivity contribution in [1.29, 1.82) is 0 Å². The molecule has 0 spiro atoms. The zero-order chi connectivity index (χ0) is 31.6. The maximum absolute atomic E-state index is 3.59. The molecular formula is C46H30N2. The molecule has 0 aliphatic rings. The molecule has 10 aromatic rings. The summed E-state index contributed by atoms with van der Waals surface area (Å²) in [5.74, 6) is 0. The predicted octanol–water partition coefficient (Wildman–Crippen LogP) is 12.6. The average molecular weight is 611 g/mol. The van der Waals surface area contributed by atoms with Crippen LogP contribution in [0.5, 0.6) is 0 Å². The summed E-state index contributed by atoms with van der Waals surface area (Å²) < 4.78 is 2.42. The second-order valence-corrected chi connectivity index (χ2v) is 12.6. The molecule has 48 heavy (non-hydrogen) atoms. The van der Waals surface area contributed by atoms with Crippen LogP contribution in [0.2, 0.25) is 0 Å². The van der Waals surface area contributed by atoms with Gasteiger partial charge in [0.15, 0.2) is 0 Å². The highest BCUT2D eigenvalue weighted by Crippen LogP contribution is 2.42. The standard InChI is InChI=1S/C46H30N2/c1-2-13-35(14-3-1)48-45-20-9-7-17-39(45)42-29-41(36-15-4-5-18-40(36)46(42)48)34-12-10-11-32(27-34)30-21-23-31(24-22-30)33-25-26-38-37-16-6-8-19-43(37)47-44(38)28-33/h1-29,47H. The van der Waals surface area contributed by atoms with Gasteiger partial charge in [0, 0.05) is 43.7 Å². The number of benzene rings is 8. The van der Waals surface area contributed by atoms with Crippen LogP contribution in [0.15, 0.2) is 176 Å². The molecule has 0 radical (unpaired) electrons. The molecule has 0 atom stereocenters. The van der Waals surface area contributed by atoms with Gasteiger partial charge in [0.25, 0.3) is 0 Å². The molecule has 0 aliphatic carbocycles. The van der Waals surface area contributed by atoms with Crippen LogP contribution in [0.25, 0.3) is 93.5 Å². The van der Waals surface area contributed by atoms with Gasteiger partial charge in [-0.15, -0.1) is 0 Å². The molecular weight excluding hydrogens is 581 g/mol. The highest BCUT2D eigenvalue weighted by molar-refractivity contribution is 6.22. The average Bonchev–Trinajstić information content (AvgIpc) is 3.70. The maximum Gasteiger partial charge on any atom is 0.0619 e. The summed E-state index contributed by atoms with van der Waals surface area (Å²) in [5, 5.41) is 7.57. The van der Waals surface area contributed by atoms with Gasteiger partial charge in [0.2, 0.25) is 0 Å². The minimum absolute atomic E-state index is 1.17. The number of H-pyrrole nitrogens is 1. The largest absolute Gasteiger partial charge is 0.354 e. The van der Waals surface area contributed by atoms with Gasteiger partial charge in [0.05, 0.1) is 11.0 Å². The Labute approximate surface area is 278 Å². The lowest BCUT2D eigenvalue weighted by Crippen LogP contribution is -1.94. The quantitative estimate of drug-likeness (QED) is 0.205. The number of para-hydroxylation sites is 3. The number of fused-ring (bicyclic) bond motifs is 8. The second-order valence-electron chi connectivity index (χ2n) is 12.6. The molecule has 0 amide bonds. The van der Waals surface area contributed by atoms with Crippen LogP contribution in [0, 0.1) is 0 Å². The SMILES string of the molecule is c1ccc(-n2c3ccccc3c3cc(-c4cccc(-c5ccc(-c6ccc7c(c6)[nH]c6ccccc67)cc5)c4)c4ccccc4c32)cc1. The van der Waals surface area contributed by atoms with Crippen molar-refractivity contribution in [3.05, 3.63) is 176 Å². The number of hydrogen-bond acceptors (Lipinski definition) is 0. The smallest absolute Gasteiger partial charge is 0.0619 e. The van der Waals surface area contributed by atoms with Crippen LogP contribution in [0.3, 0.4) is 0 Å². The fourth-order valence-electron chi connectivity index (χ4n) is 7.66. The van der Waals surface area contributed by atoms with Gasteiger partial charge in [0.1, 0.15) is 0 Å². The van der Waals surface area contributed by atoms with Crippen LogP contribution in [0.1, 0.15) is 0 Å². The first-order valence-electron chi connectivity index (χ1n) is 16.5. The van der Waals surface area contributed by atoms with Crippen molar-refractivity contribution in [3.63, 3.8) is 0 Å². The van der Waals surface area contributed by atoms with Crippen molar-refractivity contribution in [2.75, 3.05) is 0 Å². The van der Waals surface area contributed by atoms with Gasteiger partial charge < -0.3 is 9.55 Å². The third-order valence-corrected chi connectivity index (χ3v) is 9.92. The van der Waals surface area contributed by atoms with Gasteiger partial charge >= 0.3 is 0 Å². The molecule has 8 aromatic carbocycles. The normalized spacial score (nSPS) is 11.8. The van der Waals surface area contributed by atoms with E-state index < -0.39 is 0 Å². The van der Waals surface area contributed by atoms with Gasteiger partial charge in [-0.05, 0) is 81.2 Å². The topological polar surface area (TPSA) is 20.7 Å². The van der Waals surface area contributed by atoms with Crippen LogP contribution in [-0.4, -0.2) is 9.55 Å². The van der Waals surface area contributed by atoms with Gasteiger partial charge in [-0.25, -0.2) is 0 Å². The summed E-state index contributed by atoms with van der Waals surface area (Å²) in [5.41, 5.74) is 13.3. The molecule has 224 valence electrons. The Morgan fingerprint density at radius 3 is 1.75 bits per heavy atom. The van der Waals surface area contributed by atoms with E-state index in [1.54, 1.807) is 0 Å². The first-order valence-corrected chi connectivity index (χ1v) is 16.5. The highest BCUT2D eigenvalue weighted by Gasteiger charge is 2.18. The van der Waals surface area contributed by atoms with Crippen LogP contribution >= 0.6 is 0 Å². The van der Waals surface area contributed by atoms with E-state index in [-0.39, 0.29) is 0 Å². The third kappa shape index (κ3) is 4.13. The summed E-state index contributed by atoms with van der Waals surface area (Å²) in [6, 6.07) is 64.0. The van der Waals surface area contributed by atoms with Crippen molar-refractivity contribution in [1.82, 2.24) is 9.55 Å². The summed E-state index contributed by atoms with van der Waals surface area (Å²) >= 11 is 0. The van der Waals surface area contributed by atoms with E-state index in [9.17, 15) is 0 Å². The van der Waals surface area contributed by atoms with Gasteiger partial charge in [-0.3, -0.25) is 0 Å². The minimum Gasteiger partial charge on any atom is -0.354 e. The molecule has 0 bridgehead atoms. The number of aromatic amines is 1. The molecule has 2 aromatic heterocycles. The van der Waals surface area contributed by atoms with Crippen molar-refractivity contribution in [3.8, 4) is 39.1 Å². The number of rotatable bonds is 4. The fraction of sp³-hybridized carbons (Fsp3) is 0. The molecule has 0 fully saturated rings. The third-order valence-electron chi connectivity index (χ3n) is 9.92. The first kappa shape index (κ1) is 26.8. The number of hydrogen-bond donors (Lipinski definition) is 1. The fourth-order valence-corrected chi connectivity index (χ4v) is 7.66. The molecule has 1 N–H and O–H groups in total. The van der Waals surface area contributed by atoms with E-state index in [1.807, 2.05) is 0 Å². The van der Waals surface area contributed by atoms with Crippen LogP contribution in [-0.2, 0) is 0 Å². The lowest BCUT2D eigenvalue weighted by atomic mass is 9.92. The van der Waals surface area contributed by atoms with Crippen LogP contribution < -0.4 is 0 Å².